The molecule has 2 unspecified atom stereocenters. The molecule has 0 spiro atoms. The van der Waals surface area contributed by atoms with Crippen molar-refractivity contribution < 1.29 is 9.90 Å². The first-order valence-corrected chi connectivity index (χ1v) is 6.23. The summed E-state index contributed by atoms with van der Waals surface area (Å²) in [4.78, 5) is 15.7. The van der Waals surface area contributed by atoms with E-state index in [2.05, 4.69) is 31.5 Å². The summed E-state index contributed by atoms with van der Waals surface area (Å²) in [5.41, 5.74) is 0.514. The van der Waals surface area contributed by atoms with Crippen molar-refractivity contribution in [2.45, 2.75) is 6.10 Å². The van der Waals surface area contributed by atoms with Crippen LogP contribution in [0.4, 0.5) is 0 Å². The molecular weight excluding hydrogens is 286 g/mol. The first-order chi connectivity index (χ1) is 8.16. The SMILES string of the molecule is O=C(NCC1CNCC1O)c1cncc(Br)c1. The second-order valence-electron chi connectivity index (χ2n) is 4.09. The van der Waals surface area contributed by atoms with Gasteiger partial charge in [-0.15, -0.1) is 0 Å². The molecule has 92 valence electrons. The van der Waals surface area contributed by atoms with Gasteiger partial charge in [0.2, 0.25) is 0 Å². The fourth-order valence-corrected chi connectivity index (χ4v) is 2.15. The topological polar surface area (TPSA) is 74.2 Å². The van der Waals surface area contributed by atoms with Crippen LogP contribution < -0.4 is 10.6 Å². The maximum atomic E-state index is 11.8. The highest BCUT2D eigenvalue weighted by Crippen LogP contribution is 2.10. The summed E-state index contributed by atoms with van der Waals surface area (Å²) in [6.07, 6.45) is 2.76. The first-order valence-electron chi connectivity index (χ1n) is 5.44. The molecule has 1 aromatic heterocycles. The van der Waals surface area contributed by atoms with Crippen LogP contribution in [0.2, 0.25) is 0 Å². The van der Waals surface area contributed by atoms with Gasteiger partial charge in [-0.1, -0.05) is 0 Å². The zero-order chi connectivity index (χ0) is 12.3. The molecule has 1 saturated heterocycles. The molecule has 3 N–H and O–H groups in total. The summed E-state index contributed by atoms with van der Waals surface area (Å²) in [6, 6.07) is 1.71. The van der Waals surface area contributed by atoms with E-state index < -0.39 is 0 Å². The van der Waals surface area contributed by atoms with Gasteiger partial charge in [-0.25, -0.2) is 0 Å². The quantitative estimate of drug-likeness (QED) is 0.743. The standard InChI is InChI=1S/C11H14BrN3O2/c12-9-1-7(2-13-5-9)11(17)15-4-8-3-14-6-10(8)16/h1-2,5,8,10,14,16H,3-4,6H2,(H,15,17). The summed E-state index contributed by atoms with van der Waals surface area (Å²) in [6.45, 7) is 1.80. The number of β-amino-alcohol motifs (C(OH)–C–C–N with tert-alkyl or cyclic N) is 1. The Morgan fingerprint density at radius 3 is 3.06 bits per heavy atom. The zero-order valence-electron chi connectivity index (χ0n) is 9.19. The van der Waals surface area contributed by atoms with E-state index in [0.717, 1.165) is 11.0 Å². The lowest BCUT2D eigenvalue weighted by Crippen LogP contribution is -2.34. The lowest BCUT2D eigenvalue weighted by Gasteiger charge is -2.13. The highest BCUT2D eigenvalue weighted by molar-refractivity contribution is 9.10. The Bertz CT molecular complexity index is 413. The molecule has 1 fully saturated rings. The smallest absolute Gasteiger partial charge is 0.252 e. The molecule has 1 aliphatic heterocycles. The van der Waals surface area contributed by atoms with Crippen molar-refractivity contribution in [2.24, 2.45) is 5.92 Å². The molecule has 2 heterocycles. The molecule has 0 radical (unpaired) electrons. The molecule has 6 heteroatoms. The fraction of sp³-hybridized carbons (Fsp3) is 0.455. The number of carbonyl (C=O) groups excluding carboxylic acids is 1. The van der Waals surface area contributed by atoms with Crippen LogP contribution in [0.3, 0.4) is 0 Å². The number of nitrogens with zero attached hydrogens (tertiary/aromatic N) is 1. The molecular formula is C11H14BrN3O2. The number of aliphatic hydroxyl groups excluding tert-OH is 1. The molecule has 5 nitrogen and oxygen atoms in total. The van der Waals surface area contributed by atoms with Crippen LogP contribution in [0.25, 0.3) is 0 Å². The average molecular weight is 300 g/mol. The molecule has 1 aliphatic rings. The molecule has 0 saturated carbocycles. The number of rotatable bonds is 3. The van der Waals surface area contributed by atoms with E-state index in [9.17, 15) is 9.90 Å². The molecule has 1 amide bonds. The van der Waals surface area contributed by atoms with Gasteiger partial charge in [-0.2, -0.15) is 0 Å². The first kappa shape index (κ1) is 12.5. The predicted octanol–water partition coefficient (Wildman–Crippen LogP) is 0.154. The summed E-state index contributed by atoms with van der Waals surface area (Å²) >= 11 is 3.26. The molecule has 2 atom stereocenters. The van der Waals surface area contributed by atoms with Gasteiger partial charge in [0.05, 0.1) is 11.7 Å². The third kappa shape index (κ3) is 3.24. The van der Waals surface area contributed by atoms with Gasteiger partial charge in [0, 0.05) is 42.4 Å². The van der Waals surface area contributed by atoms with Gasteiger partial charge < -0.3 is 15.7 Å². The highest BCUT2D eigenvalue weighted by Gasteiger charge is 2.25. The van der Waals surface area contributed by atoms with Crippen LogP contribution in [0.15, 0.2) is 22.9 Å². The molecule has 0 aromatic carbocycles. The number of carbonyl (C=O) groups is 1. The number of pyridine rings is 1. The van der Waals surface area contributed by atoms with E-state index in [1.165, 1.54) is 6.20 Å². The third-order valence-electron chi connectivity index (χ3n) is 2.80. The largest absolute Gasteiger partial charge is 0.391 e. The van der Waals surface area contributed by atoms with Crippen molar-refractivity contribution in [1.29, 1.82) is 0 Å². The fourth-order valence-electron chi connectivity index (χ4n) is 1.79. The maximum Gasteiger partial charge on any atom is 0.252 e. The molecule has 2 rings (SSSR count). The Labute approximate surface area is 108 Å². The normalized spacial score (nSPS) is 23.6. The number of aromatic nitrogens is 1. The van der Waals surface area contributed by atoms with Crippen molar-refractivity contribution in [3.8, 4) is 0 Å². The number of nitrogens with one attached hydrogen (secondary N) is 2. The summed E-state index contributed by atoms with van der Waals surface area (Å²) in [7, 11) is 0. The second kappa shape index (κ2) is 5.57. The van der Waals surface area contributed by atoms with E-state index in [1.807, 2.05) is 0 Å². The summed E-state index contributed by atoms with van der Waals surface area (Å²) in [5.74, 6) is -0.0861. The average Bonchev–Trinajstić information content (AvgIpc) is 2.72. The summed E-state index contributed by atoms with van der Waals surface area (Å²) in [5, 5.41) is 15.5. The zero-order valence-corrected chi connectivity index (χ0v) is 10.8. The number of hydrogen-bond donors (Lipinski definition) is 3. The summed E-state index contributed by atoms with van der Waals surface area (Å²) < 4.78 is 0.771. The van der Waals surface area contributed by atoms with Crippen molar-refractivity contribution >= 4 is 21.8 Å². The van der Waals surface area contributed by atoms with Crippen LogP contribution in [0.1, 0.15) is 10.4 Å². The Balaban J connectivity index is 1.89. The minimum Gasteiger partial charge on any atom is -0.391 e. The monoisotopic (exact) mass is 299 g/mol. The van der Waals surface area contributed by atoms with Gasteiger partial charge in [0.15, 0.2) is 0 Å². The van der Waals surface area contributed by atoms with Crippen LogP contribution in [-0.2, 0) is 0 Å². The molecule has 0 aliphatic carbocycles. The van der Waals surface area contributed by atoms with Gasteiger partial charge in [0.1, 0.15) is 0 Å². The van der Waals surface area contributed by atoms with Crippen molar-refractivity contribution in [3.05, 3.63) is 28.5 Å². The number of halogens is 1. The van der Waals surface area contributed by atoms with E-state index >= 15 is 0 Å². The predicted molar refractivity (Wildman–Crippen MR) is 66.6 cm³/mol. The Hall–Kier alpha value is -0.980. The maximum absolute atomic E-state index is 11.8. The van der Waals surface area contributed by atoms with Crippen molar-refractivity contribution in [3.63, 3.8) is 0 Å². The van der Waals surface area contributed by atoms with Gasteiger partial charge in [0.25, 0.3) is 5.91 Å². The third-order valence-corrected chi connectivity index (χ3v) is 3.23. The van der Waals surface area contributed by atoms with Crippen LogP contribution >= 0.6 is 15.9 Å². The van der Waals surface area contributed by atoms with Crippen LogP contribution in [0.5, 0.6) is 0 Å². The number of hydrogen-bond acceptors (Lipinski definition) is 4. The van der Waals surface area contributed by atoms with E-state index in [1.54, 1.807) is 12.3 Å². The van der Waals surface area contributed by atoms with Crippen molar-refractivity contribution in [1.82, 2.24) is 15.6 Å². The van der Waals surface area contributed by atoms with Crippen LogP contribution in [0, 0.1) is 5.92 Å². The Kier molecular flexibility index (Phi) is 4.09. The number of amides is 1. The Morgan fingerprint density at radius 1 is 1.59 bits per heavy atom. The van der Waals surface area contributed by atoms with Crippen molar-refractivity contribution in [2.75, 3.05) is 19.6 Å². The van der Waals surface area contributed by atoms with Gasteiger partial charge in [-0.05, 0) is 22.0 Å². The van der Waals surface area contributed by atoms with Gasteiger partial charge >= 0.3 is 0 Å². The highest BCUT2D eigenvalue weighted by atomic mass is 79.9. The molecule has 1 aromatic rings. The van der Waals surface area contributed by atoms with Crippen LogP contribution in [-0.4, -0.2) is 41.7 Å². The lowest BCUT2D eigenvalue weighted by molar-refractivity contribution is 0.0926. The molecule has 0 bridgehead atoms. The van der Waals surface area contributed by atoms with E-state index in [4.69, 9.17) is 0 Å². The number of aliphatic hydroxyl groups is 1. The van der Waals surface area contributed by atoms with Gasteiger partial charge in [-0.3, -0.25) is 9.78 Å². The minimum absolute atomic E-state index is 0.0825. The Morgan fingerprint density at radius 2 is 2.41 bits per heavy atom. The van der Waals surface area contributed by atoms with E-state index in [-0.39, 0.29) is 17.9 Å². The lowest BCUT2D eigenvalue weighted by atomic mass is 10.1. The molecule has 17 heavy (non-hydrogen) atoms. The minimum atomic E-state index is -0.379. The second-order valence-corrected chi connectivity index (χ2v) is 5.00. The van der Waals surface area contributed by atoms with E-state index in [0.29, 0.717) is 18.7 Å².